The minimum atomic E-state index is -4.26. The van der Waals surface area contributed by atoms with Gasteiger partial charge in [0.05, 0.1) is 23.3 Å². The first-order chi connectivity index (χ1) is 6.94. The third-order valence-electron chi connectivity index (χ3n) is 1.75. The van der Waals surface area contributed by atoms with Crippen molar-refractivity contribution in [3.8, 4) is 0 Å². The van der Waals surface area contributed by atoms with Crippen LogP contribution in [-0.4, -0.2) is 19.3 Å². The molecule has 0 saturated heterocycles. The molecule has 0 amide bonds. The van der Waals surface area contributed by atoms with Gasteiger partial charge in [0.2, 0.25) is 0 Å². The number of hydrogen-bond donors (Lipinski definition) is 2. The molecule has 3 nitrogen and oxygen atoms in total. The molecule has 1 aromatic heterocycles. The van der Waals surface area contributed by atoms with Crippen molar-refractivity contribution in [2.45, 2.75) is 12.2 Å². The number of nitrogens with two attached hydrogens (primary N) is 1. The second kappa shape index (κ2) is 5.00. The zero-order valence-electron chi connectivity index (χ0n) is 7.64. The van der Waals surface area contributed by atoms with Crippen molar-refractivity contribution in [3.63, 3.8) is 0 Å². The zero-order valence-corrected chi connectivity index (χ0v) is 9.23. The van der Waals surface area contributed by atoms with Gasteiger partial charge in [-0.1, -0.05) is 0 Å². The van der Waals surface area contributed by atoms with Crippen LogP contribution in [0, 0.1) is 0 Å². The number of rotatable bonds is 4. The summed E-state index contributed by atoms with van der Waals surface area (Å²) in [5.74, 6) is 0.377. The fraction of sp³-hybridized carbons (Fsp3) is 0.500. The van der Waals surface area contributed by atoms with Crippen molar-refractivity contribution in [3.05, 3.63) is 22.6 Å². The van der Waals surface area contributed by atoms with Gasteiger partial charge in [0.15, 0.2) is 0 Å². The van der Waals surface area contributed by atoms with E-state index in [2.05, 4.69) is 21.2 Å². The lowest BCUT2D eigenvalue weighted by atomic mass is 10.2. The van der Waals surface area contributed by atoms with E-state index in [1.54, 1.807) is 6.07 Å². The van der Waals surface area contributed by atoms with Crippen LogP contribution in [0.5, 0.6) is 0 Å². The van der Waals surface area contributed by atoms with Crippen LogP contribution in [0.2, 0.25) is 0 Å². The van der Waals surface area contributed by atoms with Crippen LogP contribution in [0.1, 0.15) is 11.8 Å². The Morgan fingerprint density at radius 1 is 1.53 bits per heavy atom. The molecule has 0 aliphatic rings. The molecule has 0 fully saturated rings. The van der Waals surface area contributed by atoms with E-state index in [4.69, 9.17) is 10.2 Å². The molecular formula is C8H10BrF3N2O. The summed E-state index contributed by atoms with van der Waals surface area (Å²) >= 11 is 3.16. The minimum Gasteiger partial charge on any atom is -0.466 e. The normalized spacial score (nSPS) is 14.2. The number of alkyl halides is 3. The quantitative estimate of drug-likeness (QED) is 0.892. The van der Waals surface area contributed by atoms with Crippen molar-refractivity contribution in [1.29, 1.82) is 0 Å². The third kappa shape index (κ3) is 3.84. The van der Waals surface area contributed by atoms with Gasteiger partial charge in [0, 0.05) is 6.54 Å². The highest BCUT2D eigenvalue weighted by molar-refractivity contribution is 9.10. The number of hydrogen-bond acceptors (Lipinski definition) is 3. The first-order valence-corrected chi connectivity index (χ1v) is 4.96. The van der Waals surface area contributed by atoms with Crippen molar-refractivity contribution < 1.29 is 17.6 Å². The third-order valence-corrected chi connectivity index (χ3v) is 2.40. The van der Waals surface area contributed by atoms with Crippen LogP contribution in [0.15, 0.2) is 21.2 Å². The standard InChI is InChI=1S/C8H10BrF3N2O/c9-5-1-2-15-7(5)6(3-13)14-4-8(10,11)12/h1-2,6,14H,3-4,13H2. The Morgan fingerprint density at radius 3 is 2.60 bits per heavy atom. The molecule has 15 heavy (non-hydrogen) atoms. The smallest absolute Gasteiger partial charge is 0.401 e. The molecule has 1 rings (SSSR count). The molecule has 0 aromatic carbocycles. The SMILES string of the molecule is NCC(NCC(F)(F)F)c1occc1Br. The van der Waals surface area contributed by atoms with Gasteiger partial charge in [-0.3, -0.25) is 5.32 Å². The lowest BCUT2D eigenvalue weighted by molar-refractivity contribution is -0.126. The predicted octanol–water partition coefficient (Wildman–Crippen LogP) is 2.19. The van der Waals surface area contributed by atoms with E-state index in [9.17, 15) is 13.2 Å². The van der Waals surface area contributed by atoms with E-state index >= 15 is 0 Å². The molecule has 86 valence electrons. The maximum atomic E-state index is 11.9. The summed E-state index contributed by atoms with van der Waals surface area (Å²) in [5, 5.41) is 2.28. The van der Waals surface area contributed by atoms with Crippen molar-refractivity contribution in [2.24, 2.45) is 5.73 Å². The van der Waals surface area contributed by atoms with Crippen LogP contribution in [0.4, 0.5) is 13.2 Å². The number of furan rings is 1. The lowest BCUT2D eigenvalue weighted by Crippen LogP contribution is -2.35. The number of halogens is 4. The highest BCUT2D eigenvalue weighted by Gasteiger charge is 2.29. The fourth-order valence-corrected chi connectivity index (χ4v) is 1.55. The molecule has 0 radical (unpaired) electrons. The summed E-state index contributed by atoms with van der Waals surface area (Å²) in [5.41, 5.74) is 5.35. The summed E-state index contributed by atoms with van der Waals surface area (Å²) in [6, 6.07) is 0.962. The Kier molecular flexibility index (Phi) is 4.18. The molecule has 0 aliphatic carbocycles. The molecule has 7 heteroatoms. The highest BCUT2D eigenvalue weighted by Crippen LogP contribution is 2.24. The molecular weight excluding hydrogens is 277 g/mol. The predicted molar refractivity (Wildman–Crippen MR) is 52.3 cm³/mol. The maximum Gasteiger partial charge on any atom is 0.401 e. The highest BCUT2D eigenvalue weighted by atomic mass is 79.9. The van der Waals surface area contributed by atoms with Gasteiger partial charge in [-0.25, -0.2) is 0 Å². The first-order valence-electron chi connectivity index (χ1n) is 4.17. The summed E-state index contributed by atoms with van der Waals surface area (Å²) in [6.07, 6.45) is -2.87. The van der Waals surface area contributed by atoms with E-state index in [0.717, 1.165) is 0 Å². The van der Waals surface area contributed by atoms with Gasteiger partial charge in [-0.05, 0) is 22.0 Å². The van der Waals surface area contributed by atoms with E-state index in [-0.39, 0.29) is 6.54 Å². The van der Waals surface area contributed by atoms with Gasteiger partial charge in [-0.2, -0.15) is 13.2 Å². The molecule has 0 bridgehead atoms. The molecule has 0 spiro atoms. The van der Waals surface area contributed by atoms with Gasteiger partial charge in [0.25, 0.3) is 0 Å². The van der Waals surface area contributed by atoms with Crippen molar-refractivity contribution in [1.82, 2.24) is 5.32 Å². The molecule has 0 saturated carbocycles. The van der Waals surface area contributed by atoms with E-state index < -0.39 is 18.8 Å². The Hall–Kier alpha value is -0.530. The lowest BCUT2D eigenvalue weighted by Gasteiger charge is -2.16. The van der Waals surface area contributed by atoms with Gasteiger partial charge in [-0.15, -0.1) is 0 Å². The van der Waals surface area contributed by atoms with E-state index in [1.807, 2.05) is 0 Å². The number of nitrogens with one attached hydrogen (secondary N) is 1. The molecule has 1 atom stereocenters. The maximum absolute atomic E-state index is 11.9. The van der Waals surface area contributed by atoms with Gasteiger partial charge < -0.3 is 10.2 Å². The summed E-state index contributed by atoms with van der Waals surface area (Å²) in [6.45, 7) is -1.07. The van der Waals surface area contributed by atoms with E-state index in [1.165, 1.54) is 6.26 Å². The zero-order chi connectivity index (χ0) is 11.5. The van der Waals surface area contributed by atoms with Crippen LogP contribution >= 0.6 is 15.9 Å². The Balaban J connectivity index is 2.61. The minimum absolute atomic E-state index is 0.0300. The van der Waals surface area contributed by atoms with Crippen LogP contribution < -0.4 is 11.1 Å². The van der Waals surface area contributed by atoms with Crippen LogP contribution in [-0.2, 0) is 0 Å². The average Bonchev–Trinajstić information content (AvgIpc) is 2.52. The average molecular weight is 287 g/mol. The Bertz CT molecular complexity index is 313. The molecule has 0 aliphatic heterocycles. The molecule has 1 heterocycles. The van der Waals surface area contributed by atoms with E-state index in [0.29, 0.717) is 10.2 Å². The van der Waals surface area contributed by atoms with Crippen LogP contribution in [0.25, 0.3) is 0 Å². The molecule has 1 unspecified atom stereocenters. The first kappa shape index (κ1) is 12.5. The summed E-state index contributed by atoms with van der Waals surface area (Å²) in [7, 11) is 0. The molecule has 1 aromatic rings. The molecule has 3 N–H and O–H groups in total. The second-order valence-electron chi connectivity index (χ2n) is 2.92. The second-order valence-corrected chi connectivity index (χ2v) is 3.77. The van der Waals surface area contributed by atoms with Gasteiger partial charge >= 0.3 is 6.18 Å². The summed E-state index contributed by atoms with van der Waals surface area (Å²) < 4.78 is 41.5. The van der Waals surface area contributed by atoms with Crippen molar-refractivity contribution in [2.75, 3.05) is 13.1 Å². The van der Waals surface area contributed by atoms with Crippen LogP contribution in [0.3, 0.4) is 0 Å². The van der Waals surface area contributed by atoms with Crippen molar-refractivity contribution >= 4 is 15.9 Å². The largest absolute Gasteiger partial charge is 0.466 e. The Labute approximate surface area is 92.9 Å². The Morgan fingerprint density at radius 2 is 2.20 bits per heavy atom. The fourth-order valence-electron chi connectivity index (χ4n) is 1.08. The summed E-state index contributed by atoms with van der Waals surface area (Å²) in [4.78, 5) is 0. The monoisotopic (exact) mass is 286 g/mol. The topological polar surface area (TPSA) is 51.2 Å². The van der Waals surface area contributed by atoms with Gasteiger partial charge in [0.1, 0.15) is 5.76 Å².